The van der Waals surface area contributed by atoms with Crippen LogP contribution >= 0.6 is 0 Å². The lowest BCUT2D eigenvalue weighted by atomic mass is 10.0. The molecule has 0 bridgehead atoms. The molecule has 0 atom stereocenters. The number of pyridine rings is 1. The number of fused-ring (bicyclic) bond motifs is 3. The van der Waals surface area contributed by atoms with E-state index in [-0.39, 0.29) is 0 Å². The van der Waals surface area contributed by atoms with Gasteiger partial charge in [-0.3, -0.25) is 0 Å². The van der Waals surface area contributed by atoms with E-state index >= 15 is 0 Å². The number of H-pyrrole nitrogens is 1. The SMILES string of the molecule is COC(=O)c1cc2c([nH]c3ccccc32)c(-c2ccccc2C)n1. The van der Waals surface area contributed by atoms with Crippen LogP contribution in [0.5, 0.6) is 0 Å². The Morgan fingerprint density at radius 1 is 1.04 bits per heavy atom. The van der Waals surface area contributed by atoms with Crippen molar-refractivity contribution in [2.75, 3.05) is 7.11 Å². The Bertz CT molecular complexity index is 1080. The molecule has 2 aromatic heterocycles. The Morgan fingerprint density at radius 2 is 1.79 bits per heavy atom. The predicted octanol–water partition coefficient (Wildman–Crippen LogP) is 4.48. The molecule has 0 amide bonds. The molecule has 4 heteroatoms. The van der Waals surface area contributed by atoms with Gasteiger partial charge in [0.1, 0.15) is 5.69 Å². The summed E-state index contributed by atoms with van der Waals surface area (Å²) in [7, 11) is 1.37. The van der Waals surface area contributed by atoms with Gasteiger partial charge in [0.15, 0.2) is 0 Å². The second kappa shape index (κ2) is 5.49. The van der Waals surface area contributed by atoms with Crippen LogP contribution in [0.3, 0.4) is 0 Å². The number of carbonyl (C=O) groups excluding carboxylic acids is 1. The molecule has 0 spiro atoms. The Balaban J connectivity index is 2.14. The molecule has 24 heavy (non-hydrogen) atoms. The molecule has 2 heterocycles. The Morgan fingerprint density at radius 3 is 2.58 bits per heavy atom. The first-order valence-electron chi connectivity index (χ1n) is 7.75. The lowest BCUT2D eigenvalue weighted by Crippen LogP contribution is -2.05. The topological polar surface area (TPSA) is 55.0 Å². The summed E-state index contributed by atoms with van der Waals surface area (Å²) >= 11 is 0. The summed E-state index contributed by atoms with van der Waals surface area (Å²) in [4.78, 5) is 20.1. The highest BCUT2D eigenvalue weighted by Crippen LogP contribution is 2.33. The van der Waals surface area contributed by atoms with E-state index in [9.17, 15) is 4.79 Å². The van der Waals surface area contributed by atoms with Crippen molar-refractivity contribution in [3.8, 4) is 11.3 Å². The van der Waals surface area contributed by atoms with Gasteiger partial charge in [-0.1, -0.05) is 42.5 Å². The van der Waals surface area contributed by atoms with Gasteiger partial charge < -0.3 is 9.72 Å². The fourth-order valence-electron chi connectivity index (χ4n) is 3.09. The van der Waals surface area contributed by atoms with Gasteiger partial charge >= 0.3 is 5.97 Å². The molecule has 0 unspecified atom stereocenters. The molecular formula is C20H16N2O2. The van der Waals surface area contributed by atoms with Gasteiger partial charge in [-0.05, 0) is 24.6 Å². The fourth-order valence-corrected chi connectivity index (χ4v) is 3.09. The number of ether oxygens (including phenoxy) is 1. The number of aryl methyl sites for hydroxylation is 1. The van der Waals surface area contributed by atoms with E-state index in [2.05, 4.69) is 9.97 Å². The highest BCUT2D eigenvalue weighted by molar-refractivity contribution is 6.12. The molecule has 1 N–H and O–H groups in total. The Labute approximate surface area is 139 Å². The van der Waals surface area contributed by atoms with E-state index in [1.807, 2.05) is 55.5 Å². The third kappa shape index (κ3) is 2.15. The predicted molar refractivity (Wildman–Crippen MR) is 95.1 cm³/mol. The summed E-state index contributed by atoms with van der Waals surface area (Å²) in [6, 6.07) is 17.9. The summed E-state index contributed by atoms with van der Waals surface area (Å²) in [6.45, 7) is 2.04. The van der Waals surface area contributed by atoms with Crippen LogP contribution in [0.15, 0.2) is 54.6 Å². The zero-order valence-electron chi connectivity index (χ0n) is 13.5. The van der Waals surface area contributed by atoms with Crippen molar-refractivity contribution in [3.63, 3.8) is 0 Å². The van der Waals surface area contributed by atoms with Crippen molar-refractivity contribution >= 4 is 27.8 Å². The minimum atomic E-state index is -0.433. The fraction of sp³-hybridized carbons (Fsp3) is 0.100. The molecule has 118 valence electrons. The highest BCUT2D eigenvalue weighted by atomic mass is 16.5. The van der Waals surface area contributed by atoms with E-state index < -0.39 is 5.97 Å². The number of benzene rings is 2. The molecule has 0 radical (unpaired) electrons. The van der Waals surface area contributed by atoms with Gasteiger partial charge in [-0.25, -0.2) is 9.78 Å². The van der Waals surface area contributed by atoms with Gasteiger partial charge in [-0.15, -0.1) is 0 Å². The van der Waals surface area contributed by atoms with Crippen LogP contribution in [0, 0.1) is 6.92 Å². The largest absolute Gasteiger partial charge is 0.464 e. The maximum atomic E-state index is 12.1. The number of carbonyl (C=O) groups is 1. The number of aromatic amines is 1. The van der Waals surface area contributed by atoms with Crippen molar-refractivity contribution in [3.05, 3.63) is 65.9 Å². The average molecular weight is 316 g/mol. The lowest BCUT2D eigenvalue weighted by Gasteiger charge is -2.08. The monoisotopic (exact) mass is 316 g/mol. The molecular weight excluding hydrogens is 300 g/mol. The van der Waals surface area contributed by atoms with Crippen LogP contribution < -0.4 is 0 Å². The number of nitrogens with zero attached hydrogens (tertiary/aromatic N) is 1. The maximum absolute atomic E-state index is 12.1. The molecule has 4 rings (SSSR count). The zero-order valence-corrected chi connectivity index (χ0v) is 13.5. The van der Waals surface area contributed by atoms with Crippen LogP contribution in [-0.2, 0) is 4.74 Å². The van der Waals surface area contributed by atoms with Crippen LogP contribution in [0.1, 0.15) is 16.1 Å². The number of rotatable bonds is 2. The van der Waals surface area contributed by atoms with Gasteiger partial charge in [0.05, 0.1) is 18.3 Å². The van der Waals surface area contributed by atoms with Crippen LogP contribution in [0.25, 0.3) is 33.1 Å². The normalized spacial score (nSPS) is 11.1. The first kappa shape index (κ1) is 14.5. The van der Waals surface area contributed by atoms with Gasteiger partial charge in [0, 0.05) is 21.9 Å². The number of nitrogens with one attached hydrogen (secondary N) is 1. The molecule has 0 fully saturated rings. The molecule has 0 aliphatic rings. The molecule has 0 aliphatic carbocycles. The number of methoxy groups -OCH3 is 1. The van der Waals surface area contributed by atoms with Gasteiger partial charge in [-0.2, -0.15) is 0 Å². The molecule has 4 aromatic rings. The quantitative estimate of drug-likeness (QED) is 0.555. The van der Waals surface area contributed by atoms with Crippen LogP contribution in [-0.4, -0.2) is 23.0 Å². The highest BCUT2D eigenvalue weighted by Gasteiger charge is 2.17. The third-order valence-corrected chi connectivity index (χ3v) is 4.29. The van der Waals surface area contributed by atoms with Crippen molar-refractivity contribution in [2.24, 2.45) is 0 Å². The number of para-hydroxylation sites is 1. The van der Waals surface area contributed by atoms with E-state index in [1.165, 1.54) is 7.11 Å². The number of esters is 1. The third-order valence-electron chi connectivity index (χ3n) is 4.29. The molecule has 4 nitrogen and oxygen atoms in total. The van der Waals surface area contributed by atoms with Crippen LogP contribution in [0.4, 0.5) is 0 Å². The lowest BCUT2D eigenvalue weighted by molar-refractivity contribution is 0.0594. The zero-order chi connectivity index (χ0) is 16.7. The number of aromatic nitrogens is 2. The smallest absolute Gasteiger partial charge is 0.356 e. The van der Waals surface area contributed by atoms with Crippen molar-refractivity contribution in [1.82, 2.24) is 9.97 Å². The first-order valence-corrected chi connectivity index (χ1v) is 7.75. The molecule has 0 aliphatic heterocycles. The van der Waals surface area contributed by atoms with Crippen molar-refractivity contribution < 1.29 is 9.53 Å². The minimum Gasteiger partial charge on any atom is -0.464 e. The van der Waals surface area contributed by atoms with Gasteiger partial charge in [0.2, 0.25) is 0 Å². The molecule has 0 saturated carbocycles. The van der Waals surface area contributed by atoms with E-state index in [0.717, 1.165) is 38.6 Å². The van der Waals surface area contributed by atoms with E-state index in [1.54, 1.807) is 6.07 Å². The standard InChI is InChI=1S/C20H16N2O2/c1-12-7-3-4-8-13(12)18-19-15(11-17(22-18)20(23)24-2)14-9-5-6-10-16(14)21-19/h3-11,21H,1-2H3. The van der Waals surface area contributed by atoms with Crippen LogP contribution in [0.2, 0.25) is 0 Å². The van der Waals surface area contributed by atoms with E-state index in [4.69, 9.17) is 4.74 Å². The molecule has 0 saturated heterocycles. The maximum Gasteiger partial charge on any atom is 0.356 e. The van der Waals surface area contributed by atoms with E-state index in [0.29, 0.717) is 5.69 Å². The molecule has 2 aromatic carbocycles. The first-order chi connectivity index (χ1) is 11.7. The summed E-state index contributed by atoms with van der Waals surface area (Å²) in [5.74, 6) is -0.433. The minimum absolute atomic E-state index is 0.313. The second-order valence-electron chi connectivity index (χ2n) is 5.76. The Kier molecular flexibility index (Phi) is 3.31. The summed E-state index contributed by atoms with van der Waals surface area (Å²) in [6.07, 6.45) is 0. The number of hydrogen-bond acceptors (Lipinski definition) is 3. The number of hydrogen-bond donors (Lipinski definition) is 1. The summed E-state index contributed by atoms with van der Waals surface area (Å²) in [5.41, 5.74) is 5.13. The Hall–Kier alpha value is -3.14. The van der Waals surface area contributed by atoms with Crippen molar-refractivity contribution in [2.45, 2.75) is 6.92 Å². The average Bonchev–Trinajstić information content (AvgIpc) is 2.99. The van der Waals surface area contributed by atoms with Gasteiger partial charge in [0.25, 0.3) is 0 Å². The summed E-state index contributed by atoms with van der Waals surface area (Å²) < 4.78 is 4.88. The summed E-state index contributed by atoms with van der Waals surface area (Å²) in [5, 5.41) is 2.04. The van der Waals surface area contributed by atoms with Crippen molar-refractivity contribution in [1.29, 1.82) is 0 Å². The second-order valence-corrected chi connectivity index (χ2v) is 5.76.